The quantitative estimate of drug-likeness (QED) is 0.756. The van der Waals surface area contributed by atoms with Crippen LogP contribution in [0.4, 0.5) is 5.82 Å². The second kappa shape index (κ2) is 9.70. The number of pyridine rings is 1. The van der Waals surface area contributed by atoms with Crippen molar-refractivity contribution in [2.45, 2.75) is 33.6 Å². The number of nitrogens with zero attached hydrogens (tertiary/aromatic N) is 3. The molecule has 0 saturated carbocycles. The van der Waals surface area contributed by atoms with Gasteiger partial charge < -0.3 is 19.7 Å². The van der Waals surface area contributed by atoms with Crippen LogP contribution < -0.4 is 5.32 Å². The van der Waals surface area contributed by atoms with Gasteiger partial charge in [0.1, 0.15) is 11.5 Å². The van der Waals surface area contributed by atoms with Crippen molar-refractivity contribution in [3.63, 3.8) is 0 Å². The fourth-order valence-electron chi connectivity index (χ4n) is 2.95. The molecule has 0 bridgehead atoms. The number of anilines is 1. The van der Waals surface area contributed by atoms with Gasteiger partial charge >= 0.3 is 0 Å². The van der Waals surface area contributed by atoms with Crippen molar-refractivity contribution in [3.05, 3.63) is 22.9 Å². The Morgan fingerprint density at radius 1 is 1.28 bits per heavy atom. The van der Waals surface area contributed by atoms with Gasteiger partial charge in [-0.3, -0.25) is 9.69 Å². The highest BCUT2D eigenvalue weighted by Gasteiger charge is 2.25. The van der Waals surface area contributed by atoms with Gasteiger partial charge in [-0.05, 0) is 30.7 Å². The largest absolute Gasteiger partial charge is 0.373 e. The minimum Gasteiger partial charge on any atom is -0.373 e. The summed E-state index contributed by atoms with van der Waals surface area (Å²) in [6, 6.07) is 2.10. The molecule has 2 rings (SSSR count). The van der Waals surface area contributed by atoms with E-state index < -0.39 is 6.29 Å². The summed E-state index contributed by atoms with van der Waals surface area (Å²) in [4.78, 5) is 20.9. The average Bonchev–Trinajstić information content (AvgIpc) is 2.58. The summed E-state index contributed by atoms with van der Waals surface area (Å²) in [6.45, 7) is 4.66. The lowest BCUT2D eigenvalue weighted by molar-refractivity contribution is -0.136. The first-order valence-electron chi connectivity index (χ1n) is 8.26. The van der Waals surface area contributed by atoms with E-state index in [1.165, 1.54) is 0 Å². The molecule has 7 nitrogen and oxygen atoms in total. The lowest BCUT2D eigenvalue weighted by atomic mass is 10.1. The van der Waals surface area contributed by atoms with Gasteiger partial charge in [0.15, 0.2) is 0 Å². The minimum atomic E-state index is -0.555. The first-order chi connectivity index (χ1) is 11.5. The van der Waals surface area contributed by atoms with E-state index in [0.29, 0.717) is 25.3 Å². The summed E-state index contributed by atoms with van der Waals surface area (Å²) in [5.74, 6) is 0.955. The fourth-order valence-corrected chi connectivity index (χ4v) is 2.95. The van der Waals surface area contributed by atoms with Crippen LogP contribution in [0.15, 0.2) is 6.07 Å². The molecule has 2 heterocycles. The van der Waals surface area contributed by atoms with Gasteiger partial charge in [-0.2, -0.15) is 0 Å². The zero-order valence-corrected chi connectivity index (χ0v) is 15.3. The summed E-state index contributed by atoms with van der Waals surface area (Å²) in [7, 11) is 7.00. The molecule has 25 heavy (non-hydrogen) atoms. The van der Waals surface area contributed by atoms with E-state index in [1.54, 1.807) is 14.2 Å². The number of nitrogens with one attached hydrogen (secondary N) is 1. The first-order valence-corrected chi connectivity index (χ1v) is 8.26. The van der Waals surface area contributed by atoms with Crippen LogP contribution in [0.1, 0.15) is 37.5 Å². The van der Waals surface area contributed by atoms with E-state index in [9.17, 15) is 4.79 Å². The van der Waals surface area contributed by atoms with Crippen LogP contribution in [0.5, 0.6) is 0 Å². The Morgan fingerprint density at radius 3 is 2.48 bits per heavy atom. The van der Waals surface area contributed by atoms with E-state index >= 15 is 0 Å². The lowest BCUT2D eigenvalue weighted by Gasteiger charge is -2.33. The maximum Gasteiger partial charge on any atom is 0.237 e. The number of rotatable bonds is 7. The average molecular weight is 352 g/mol. The molecule has 0 atom stereocenters. The highest BCUT2D eigenvalue weighted by atomic mass is 16.7. The molecule has 1 saturated heterocycles. The number of likely N-dealkylation sites (N-methyl/N-ethyl adjacent to an activating group) is 1. The maximum atomic E-state index is 12.3. The Morgan fingerprint density at radius 2 is 1.96 bits per heavy atom. The maximum absolute atomic E-state index is 12.3. The molecule has 1 fully saturated rings. The van der Waals surface area contributed by atoms with Crippen molar-refractivity contribution < 1.29 is 14.3 Å². The molecular weight excluding hydrogens is 320 g/mol. The van der Waals surface area contributed by atoms with Crippen molar-refractivity contribution in [1.29, 1.82) is 0 Å². The summed E-state index contributed by atoms with van der Waals surface area (Å²) in [5, 5.41) is 3.13. The van der Waals surface area contributed by atoms with Crippen molar-refractivity contribution >= 4 is 11.7 Å². The fraction of sp³-hybridized carbons (Fsp3) is 0.667. The number of methoxy groups -OCH3 is 2. The highest BCUT2D eigenvalue weighted by Crippen LogP contribution is 2.26. The molecule has 1 N–H and O–H groups in total. The van der Waals surface area contributed by atoms with E-state index in [4.69, 9.17) is 14.5 Å². The van der Waals surface area contributed by atoms with Crippen molar-refractivity contribution in [3.8, 4) is 0 Å². The van der Waals surface area contributed by atoms with E-state index in [-0.39, 0.29) is 13.3 Å². The highest BCUT2D eigenvalue weighted by molar-refractivity contribution is 5.79. The van der Waals surface area contributed by atoms with Crippen molar-refractivity contribution in [2.75, 3.05) is 53.3 Å². The van der Waals surface area contributed by atoms with Crippen LogP contribution in [0.3, 0.4) is 0 Å². The Kier molecular flexibility index (Phi) is 8.28. The third kappa shape index (κ3) is 4.90. The molecule has 0 radical (unpaired) electrons. The number of aromatic nitrogens is 1. The number of carbonyl (C=O) groups excluding carboxylic acids is 1. The normalized spacial score (nSPS) is 15.4. The Labute approximate surface area is 151 Å². The van der Waals surface area contributed by atoms with Crippen LogP contribution >= 0.6 is 0 Å². The van der Waals surface area contributed by atoms with Crippen LogP contribution in [0.2, 0.25) is 0 Å². The summed E-state index contributed by atoms with van der Waals surface area (Å²) in [5.41, 5.74) is 2.80. The van der Waals surface area contributed by atoms with Crippen LogP contribution in [-0.2, 0) is 27.2 Å². The number of carbonyl (C=O) groups is 1. The number of ether oxygens (including phenoxy) is 2. The molecular formula is C18H32N4O3. The van der Waals surface area contributed by atoms with Crippen LogP contribution in [0.25, 0.3) is 0 Å². The standard InChI is InChI=1S/C17H28N4O3.CH4/c1-6-12-9-13(10-21-8-7-20(3)11-14(21)22)15(17(23-4)24-5)19-16(12)18-2;/h9,17H,6-8,10-11H2,1-5H3,(H,18,19);1H4. The summed E-state index contributed by atoms with van der Waals surface area (Å²) >= 11 is 0. The topological polar surface area (TPSA) is 66.9 Å². The van der Waals surface area contributed by atoms with Gasteiger partial charge in [-0.1, -0.05) is 14.4 Å². The summed E-state index contributed by atoms with van der Waals surface area (Å²) in [6.07, 6.45) is 0.304. The number of piperazine rings is 1. The van der Waals surface area contributed by atoms with Crippen LogP contribution in [-0.4, -0.2) is 68.6 Å². The number of hydrogen-bond donors (Lipinski definition) is 1. The predicted molar refractivity (Wildman–Crippen MR) is 99.6 cm³/mol. The molecule has 142 valence electrons. The molecule has 0 aliphatic carbocycles. The van der Waals surface area contributed by atoms with Crippen molar-refractivity contribution in [1.82, 2.24) is 14.8 Å². The van der Waals surface area contributed by atoms with Gasteiger partial charge in [0, 0.05) is 40.9 Å². The van der Waals surface area contributed by atoms with Gasteiger partial charge in [0.05, 0.1) is 6.54 Å². The first kappa shape index (κ1) is 21.3. The predicted octanol–water partition coefficient (Wildman–Crippen LogP) is 1.89. The lowest BCUT2D eigenvalue weighted by Crippen LogP contribution is -2.48. The second-order valence-electron chi connectivity index (χ2n) is 6.00. The molecule has 1 aliphatic rings. The summed E-state index contributed by atoms with van der Waals surface area (Å²) < 4.78 is 10.8. The van der Waals surface area contributed by atoms with Gasteiger partial charge in [0.2, 0.25) is 12.2 Å². The van der Waals surface area contributed by atoms with Crippen molar-refractivity contribution in [2.24, 2.45) is 0 Å². The smallest absolute Gasteiger partial charge is 0.237 e. The second-order valence-corrected chi connectivity index (χ2v) is 6.00. The number of hydrogen-bond acceptors (Lipinski definition) is 6. The molecule has 0 aromatic carbocycles. The third-order valence-electron chi connectivity index (χ3n) is 4.35. The Hall–Kier alpha value is -1.70. The molecule has 1 aromatic rings. The van der Waals surface area contributed by atoms with Gasteiger partial charge in [0.25, 0.3) is 0 Å². The third-order valence-corrected chi connectivity index (χ3v) is 4.35. The van der Waals surface area contributed by atoms with Gasteiger partial charge in [-0.15, -0.1) is 0 Å². The van der Waals surface area contributed by atoms with E-state index in [0.717, 1.165) is 29.9 Å². The molecule has 0 spiro atoms. The van der Waals surface area contributed by atoms with E-state index in [1.807, 2.05) is 23.9 Å². The molecule has 1 aromatic heterocycles. The SMILES string of the molecule is C.CCc1cc(CN2CCN(C)CC2=O)c(C(OC)OC)nc1NC. The Bertz CT molecular complexity index is 576. The number of aryl methyl sites for hydroxylation is 1. The number of amides is 1. The Balaban J connectivity index is 0.00000312. The molecule has 0 unspecified atom stereocenters. The molecule has 1 amide bonds. The zero-order chi connectivity index (χ0) is 17.7. The zero-order valence-electron chi connectivity index (χ0n) is 15.3. The molecule has 7 heteroatoms. The van der Waals surface area contributed by atoms with Gasteiger partial charge in [-0.25, -0.2) is 4.98 Å². The van der Waals surface area contributed by atoms with Crippen LogP contribution in [0, 0.1) is 0 Å². The van der Waals surface area contributed by atoms with E-state index in [2.05, 4.69) is 18.3 Å². The monoisotopic (exact) mass is 352 g/mol. The minimum absolute atomic E-state index is 0. The molecule has 1 aliphatic heterocycles.